The first-order valence-corrected chi connectivity index (χ1v) is 7.80. The monoisotopic (exact) mass is 298 g/mol. The number of carbonyl (C=O) groups is 1. The lowest BCUT2D eigenvalue weighted by molar-refractivity contribution is -0.139. The van der Waals surface area contributed by atoms with Gasteiger partial charge in [0.1, 0.15) is 6.61 Å². The molecule has 0 radical (unpaired) electrons. The molecule has 1 aliphatic rings. The van der Waals surface area contributed by atoms with Crippen LogP contribution in [0.2, 0.25) is 0 Å². The van der Waals surface area contributed by atoms with Gasteiger partial charge in [0, 0.05) is 6.92 Å². The first-order valence-electron chi connectivity index (χ1n) is 7.80. The summed E-state index contributed by atoms with van der Waals surface area (Å²) < 4.78 is 4.93. The fourth-order valence-corrected chi connectivity index (χ4v) is 3.28. The first-order chi connectivity index (χ1) is 9.56. The van der Waals surface area contributed by atoms with E-state index in [0.717, 1.165) is 24.8 Å². The van der Waals surface area contributed by atoms with Crippen LogP contribution in [0, 0.1) is 11.8 Å². The second kappa shape index (κ2) is 6.93. The molecule has 1 rings (SSSR count). The van der Waals surface area contributed by atoms with E-state index in [0.29, 0.717) is 13.0 Å². The maximum absolute atomic E-state index is 10.7. The number of ether oxygens (including phenoxy) is 1. The van der Waals surface area contributed by atoms with Crippen LogP contribution >= 0.6 is 0 Å². The minimum atomic E-state index is -0.780. The Balaban J connectivity index is 2.50. The van der Waals surface area contributed by atoms with Gasteiger partial charge in [0.05, 0.1) is 11.2 Å². The minimum Gasteiger partial charge on any atom is -0.461 e. The normalized spacial score (nSPS) is 32.8. The van der Waals surface area contributed by atoms with E-state index in [9.17, 15) is 15.0 Å². The van der Waals surface area contributed by atoms with Crippen molar-refractivity contribution < 1.29 is 19.7 Å². The van der Waals surface area contributed by atoms with Gasteiger partial charge in [0.2, 0.25) is 0 Å². The van der Waals surface area contributed by atoms with Crippen LogP contribution in [0.3, 0.4) is 0 Å². The molecule has 4 nitrogen and oxygen atoms in total. The molecule has 4 atom stereocenters. The zero-order valence-corrected chi connectivity index (χ0v) is 14.0. The highest BCUT2D eigenvalue weighted by Crippen LogP contribution is 2.46. The maximum atomic E-state index is 10.7. The van der Waals surface area contributed by atoms with Crippen molar-refractivity contribution in [2.24, 2.45) is 11.8 Å². The Bertz CT molecular complexity index is 396. The summed E-state index contributed by atoms with van der Waals surface area (Å²) in [6.45, 7) is 9.37. The number of carbonyl (C=O) groups excluding carboxylic acids is 1. The number of aliphatic hydroxyl groups is 2. The SMILES string of the molecule is CC(=O)OC/C(C)=C\CCC(C)(O)[C@H]1CC[C@](C)(O)[C@@H]1C. The van der Waals surface area contributed by atoms with Gasteiger partial charge in [0.15, 0.2) is 0 Å². The van der Waals surface area contributed by atoms with Crippen LogP contribution in [-0.4, -0.2) is 34.0 Å². The Morgan fingerprint density at radius 2 is 2.10 bits per heavy atom. The van der Waals surface area contributed by atoms with Gasteiger partial charge in [-0.3, -0.25) is 4.79 Å². The molecule has 0 bridgehead atoms. The van der Waals surface area contributed by atoms with E-state index >= 15 is 0 Å². The third kappa shape index (κ3) is 5.11. The molecule has 2 N–H and O–H groups in total. The van der Waals surface area contributed by atoms with Crippen LogP contribution < -0.4 is 0 Å². The smallest absolute Gasteiger partial charge is 0.302 e. The number of hydrogen-bond donors (Lipinski definition) is 2. The van der Waals surface area contributed by atoms with Crippen molar-refractivity contribution >= 4 is 5.97 Å². The lowest BCUT2D eigenvalue weighted by atomic mass is 9.76. The number of hydrogen-bond acceptors (Lipinski definition) is 4. The van der Waals surface area contributed by atoms with Crippen LogP contribution in [0.5, 0.6) is 0 Å². The van der Waals surface area contributed by atoms with Crippen LogP contribution in [0.1, 0.15) is 60.3 Å². The standard InChI is InChI=1S/C17H30O4/c1-12(11-21-14(3)18)7-6-9-17(5,20)15-8-10-16(4,19)13(15)2/h7,13,15,19-20H,6,8-11H2,1-5H3/b12-7-/t13-,15+,16+,17?/m1/s1. The lowest BCUT2D eigenvalue weighted by Crippen LogP contribution is -2.40. The molecule has 21 heavy (non-hydrogen) atoms. The van der Waals surface area contributed by atoms with E-state index in [-0.39, 0.29) is 17.8 Å². The molecule has 1 fully saturated rings. The number of rotatable bonds is 6. The van der Waals surface area contributed by atoms with Crippen LogP contribution in [-0.2, 0) is 9.53 Å². The summed E-state index contributed by atoms with van der Waals surface area (Å²) in [6.07, 6.45) is 5.00. The highest BCUT2D eigenvalue weighted by Gasteiger charge is 2.47. The average Bonchev–Trinajstić information content (AvgIpc) is 2.62. The maximum Gasteiger partial charge on any atom is 0.302 e. The molecule has 0 amide bonds. The summed E-state index contributed by atoms with van der Waals surface area (Å²) in [5, 5.41) is 21.0. The van der Waals surface area contributed by atoms with Crippen molar-refractivity contribution in [3.8, 4) is 0 Å². The summed E-state index contributed by atoms with van der Waals surface area (Å²) in [4.78, 5) is 10.7. The predicted molar refractivity (Wildman–Crippen MR) is 82.8 cm³/mol. The third-order valence-electron chi connectivity index (χ3n) is 4.99. The Kier molecular flexibility index (Phi) is 6.00. The van der Waals surface area contributed by atoms with Gasteiger partial charge < -0.3 is 14.9 Å². The molecule has 0 aliphatic heterocycles. The topological polar surface area (TPSA) is 66.8 Å². The Morgan fingerprint density at radius 1 is 1.48 bits per heavy atom. The largest absolute Gasteiger partial charge is 0.461 e. The molecule has 0 aromatic heterocycles. The second-order valence-electron chi connectivity index (χ2n) is 7.02. The van der Waals surface area contributed by atoms with E-state index in [1.807, 2.05) is 33.8 Å². The minimum absolute atomic E-state index is 0.0959. The summed E-state index contributed by atoms with van der Waals surface area (Å²) in [5.74, 6) is -0.0648. The van der Waals surface area contributed by atoms with Crippen molar-refractivity contribution in [2.75, 3.05) is 6.61 Å². The Hall–Kier alpha value is -0.870. The van der Waals surface area contributed by atoms with Gasteiger partial charge in [-0.05, 0) is 63.9 Å². The van der Waals surface area contributed by atoms with Gasteiger partial charge >= 0.3 is 5.97 Å². The summed E-state index contributed by atoms with van der Waals surface area (Å²) >= 11 is 0. The molecule has 1 aliphatic carbocycles. The average molecular weight is 298 g/mol. The second-order valence-corrected chi connectivity index (χ2v) is 7.02. The summed E-state index contributed by atoms with van der Waals surface area (Å²) in [7, 11) is 0. The van der Waals surface area contributed by atoms with E-state index in [1.54, 1.807) is 0 Å². The van der Waals surface area contributed by atoms with E-state index < -0.39 is 11.2 Å². The van der Waals surface area contributed by atoms with E-state index in [4.69, 9.17) is 4.74 Å². The molecule has 4 heteroatoms. The Morgan fingerprint density at radius 3 is 2.57 bits per heavy atom. The lowest BCUT2D eigenvalue weighted by Gasteiger charge is -2.35. The molecular weight excluding hydrogens is 268 g/mol. The van der Waals surface area contributed by atoms with Crippen molar-refractivity contribution in [1.82, 2.24) is 0 Å². The quantitative estimate of drug-likeness (QED) is 0.584. The third-order valence-corrected chi connectivity index (χ3v) is 4.99. The molecule has 1 unspecified atom stereocenters. The predicted octanol–water partition coefficient (Wildman–Crippen LogP) is 2.82. The zero-order valence-electron chi connectivity index (χ0n) is 14.0. The highest BCUT2D eigenvalue weighted by atomic mass is 16.5. The highest BCUT2D eigenvalue weighted by molar-refractivity contribution is 5.66. The molecular formula is C17H30O4. The van der Waals surface area contributed by atoms with E-state index in [1.165, 1.54) is 6.92 Å². The fraction of sp³-hybridized carbons (Fsp3) is 0.824. The molecule has 0 aromatic carbocycles. The number of esters is 1. The van der Waals surface area contributed by atoms with Gasteiger partial charge in [0.25, 0.3) is 0 Å². The summed E-state index contributed by atoms with van der Waals surface area (Å²) in [6, 6.07) is 0. The van der Waals surface area contributed by atoms with Crippen molar-refractivity contribution in [3.63, 3.8) is 0 Å². The van der Waals surface area contributed by atoms with Crippen LogP contribution in [0.4, 0.5) is 0 Å². The molecule has 0 heterocycles. The molecule has 0 spiro atoms. The first kappa shape index (κ1) is 18.2. The van der Waals surface area contributed by atoms with Gasteiger partial charge in [-0.15, -0.1) is 0 Å². The van der Waals surface area contributed by atoms with Crippen molar-refractivity contribution in [2.45, 2.75) is 71.5 Å². The zero-order chi connectivity index (χ0) is 16.3. The van der Waals surface area contributed by atoms with Crippen LogP contribution in [0.25, 0.3) is 0 Å². The van der Waals surface area contributed by atoms with Crippen molar-refractivity contribution in [3.05, 3.63) is 11.6 Å². The number of allylic oxidation sites excluding steroid dienone is 1. The summed E-state index contributed by atoms with van der Waals surface area (Å²) in [5.41, 5.74) is -0.458. The molecule has 122 valence electrons. The van der Waals surface area contributed by atoms with Gasteiger partial charge in [-0.2, -0.15) is 0 Å². The molecule has 0 aromatic rings. The van der Waals surface area contributed by atoms with E-state index in [2.05, 4.69) is 0 Å². The molecule has 0 saturated heterocycles. The van der Waals surface area contributed by atoms with Crippen LogP contribution in [0.15, 0.2) is 11.6 Å². The fourth-order valence-electron chi connectivity index (χ4n) is 3.28. The Labute approximate surface area is 128 Å². The van der Waals surface area contributed by atoms with Gasteiger partial charge in [-0.1, -0.05) is 13.0 Å². The molecule has 1 saturated carbocycles. The van der Waals surface area contributed by atoms with Gasteiger partial charge in [-0.25, -0.2) is 0 Å². The van der Waals surface area contributed by atoms with Crippen molar-refractivity contribution in [1.29, 1.82) is 0 Å².